The van der Waals surface area contributed by atoms with Crippen LogP contribution in [0.25, 0.3) is 38.4 Å². The van der Waals surface area contributed by atoms with E-state index in [0.29, 0.717) is 27.8 Å². The Kier molecular flexibility index (Phi) is 6.40. The Bertz CT molecular complexity index is 1630. The van der Waals surface area contributed by atoms with E-state index in [0.717, 1.165) is 33.0 Å². The van der Waals surface area contributed by atoms with Gasteiger partial charge in [0.1, 0.15) is 17.1 Å². The van der Waals surface area contributed by atoms with Gasteiger partial charge >= 0.3 is 0 Å². The molecule has 0 saturated carbocycles. The number of amides is 1. The molecule has 6 heteroatoms. The molecule has 1 amide bonds. The third kappa shape index (κ3) is 4.53. The molecule has 5 nitrogen and oxygen atoms in total. The maximum absolute atomic E-state index is 12.9. The number of halogens is 1. The van der Waals surface area contributed by atoms with Crippen LogP contribution in [0.15, 0.2) is 89.6 Å². The molecule has 0 aliphatic rings. The van der Waals surface area contributed by atoms with Crippen molar-refractivity contribution in [1.29, 1.82) is 0 Å². The molecule has 1 heterocycles. The van der Waals surface area contributed by atoms with Crippen LogP contribution in [0.5, 0.6) is 11.5 Å². The second-order valence-corrected chi connectivity index (χ2v) is 8.86. The zero-order valence-electron chi connectivity index (χ0n) is 20.1. The van der Waals surface area contributed by atoms with Crippen molar-refractivity contribution in [2.75, 3.05) is 19.5 Å². The minimum atomic E-state index is -0.308. The summed E-state index contributed by atoms with van der Waals surface area (Å²) in [6.45, 7) is 1.87. The predicted molar refractivity (Wildman–Crippen MR) is 146 cm³/mol. The molecular formula is C30H24ClNO4. The summed E-state index contributed by atoms with van der Waals surface area (Å²) in [5.74, 6) is 0.831. The summed E-state index contributed by atoms with van der Waals surface area (Å²) >= 11 is 6.09. The Morgan fingerprint density at radius 1 is 0.917 bits per heavy atom. The lowest BCUT2D eigenvalue weighted by Gasteiger charge is -2.12. The van der Waals surface area contributed by atoms with Gasteiger partial charge in [0.05, 0.1) is 26.2 Å². The number of fused-ring (bicyclic) bond motifs is 2. The Morgan fingerprint density at radius 3 is 2.47 bits per heavy atom. The van der Waals surface area contributed by atoms with E-state index in [1.807, 2.05) is 31.2 Å². The molecule has 0 aliphatic carbocycles. The number of carbonyl (C=O) groups excluding carboxylic acids is 1. The molecule has 0 atom stereocenters. The molecule has 36 heavy (non-hydrogen) atoms. The van der Waals surface area contributed by atoms with Crippen molar-refractivity contribution in [3.8, 4) is 22.6 Å². The maximum atomic E-state index is 12.9. The van der Waals surface area contributed by atoms with Crippen LogP contribution in [-0.2, 0) is 4.79 Å². The van der Waals surface area contributed by atoms with Gasteiger partial charge in [0, 0.05) is 33.7 Å². The average molecular weight is 498 g/mol. The van der Waals surface area contributed by atoms with Crippen LogP contribution in [0.1, 0.15) is 12.5 Å². The lowest BCUT2D eigenvalue weighted by atomic mass is 9.97. The van der Waals surface area contributed by atoms with Gasteiger partial charge in [-0.2, -0.15) is 0 Å². The smallest absolute Gasteiger partial charge is 0.248 e. The number of carbonyl (C=O) groups is 1. The van der Waals surface area contributed by atoms with Crippen molar-refractivity contribution in [2.45, 2.75) is 6.92 Å². The van der Waals surface area contributed by atoms with Gasteiger partial charge in [-0.3, -0.25) is 4.79 Å². The van der Waals surface area contributed by atoms with E-state index in [1.54, 1.807) is 31.6 Å². The number of hydrogen-bond donors (Lipinski definition) is 1. The molecule has 0 saturated heterocycles. The summed E-state index contributed by atoms with van der Waals surface area (Å²) in [7, 11) is 3.14. The van der Waals surface area contributed by atoms with Crippen LogP contribution in [0.2, 0.25) is 5.02 Å². The Hall–Kier alpha value is -4.22. The molecule has 1 aromatic heterocycles. The van der Waals surface area contributed by atoms with Crippen LogP contribution in [0.4, 0.5) is 5.69 Å². The minimum absolute atomic E-state index is 0.308. The molecule has 4 aromatic carbocycles. The molecule has 1 N–H and O–H groups in total. The Labute approximate surface area is 213 Å². The summed E-state index contributed by atoms with van der Waals surface area (Å²) in [4.78, 5) is 12.9. The highest BCUT2D eigenvalue weighted by Crippen LogP contribution is 2.38. The fourth-order valence-electron chi connectivity index (χ4n) is 4.33. The van der Waals surface area contributed by atoms with Gasteiger partial charge in [0.15, 0.2) is 0 Å². The number of furan rings is 1. The lowest BCUT2D eigenvalue weighted by Crippen LogP contribution is -2.09. The maximum Gasteiger partial charge on any atom is 0.248 e. The molecule has 5 rings (SSSR count). The molecule has 0 fully saturated rings. The number of nitrogens with one attached hydrogen (secondary N) is 1. The van der Waals surface area contributed by atoms with Crippen LogP contribution in [-0.4, -0.2) is 20.1 Å². The minimum Gasteiger partial charge on any atom is -0.496 e. The Morgan fingerprint density at radius 2 is 1.69 bits per heavy atom. The molecular weight excluding hydrogens is 474 g/mol. The number of methoxy groups -OCH3 is 2. The molecule has 0 aliphatic heterocycles. The van der Waals surface area contributed by atoms with E-state index in [4.69, 9.17) is 25.5 Å². The number of hydrogen-bond acceptors (Lipinski definition) is 4. The normalized spacial score (nSPS) is 11.6. The fraction of sp³-hybridized carbons (Fsp3) is 0.100. The van der Waals surface area contributed by atoms with Crippen molar-refractivity contribution in [3.63, 3.8) is 0 Å². The summed E-state index contributed by atoms with van der Waals surface area (Å²) in [5.41, 5.74) is 4.76. The van der Waals surface area contributed by atoms with Gasteiger partial charge in [0.25, 0.3) is 0 Å². The van der Waals surface area contributed by atoms with Crippen LogP contribution >= 0.6 is 11.6 Å². The third-order valence-electron chi connectivity index (χ3n) is 6.15. The van der Waals surface area contributed by atoms with Gasteiger partial charge in [-0.1, -0.05) is 48.0 Å². The summed E-state index contributed by atoms with van der Waals surface area (Å²) in [5, 5.41) is 6.61. The van der Waals surface area contributed by atoms with E-state index in [-0.39, 0.29) is 5.91 Å². The van der Waals surface area contributed by atoms with E-state index >= 15 is 0 Å². The molecule has 0 unspecified atom stereocenters. The molecule has 5 aromatic rings. The van der Waals surface area contributed by atoms with E-state index in [2.05, 4.69) is 35.6 Å². The van der Waals surface area contributed by atoms with Gasteiger partial charge < -0.3 is 19.2 Å². The van der Waals surface area contributed by atoms with Crippen LogP contribution < -0.4 is 14.8 Å². The largest absolute Gasteiger partial charge is 0.496 e. The summed E-state index contributed by atoms with van der Waals surface area (Å²) in [6.07, 6.45) is 3.29. The zero-order valence-corrected chi connectivity index (χ0v) is 20.8. The second kappa shape index (κ2) is 9.80. The van der Waals surface area contributed by atoms with Gasteiger partial charge in [-0.25, -0.2) is 0 Å². The van der Waals surface area contributed by atoms with Gasteiger partial charge in [-0.05, 0) is 59.2 Å². The van der Waals surface area contributed by atoms with Crippen molar-refractivity contribution in [3.05, 3.63) is 95.7 Å². The highest BCUT2D eigenvalue weighted by Gasteiger charge is 2.16. The van der Waals surface area contributed by atoms with Crippen molar-refractivity contribution in [1.82, 2.24) is 0 Å². The Balaban J connectivity index is 1.53. The molecule has 0 radical (unpaired) electrons. The third-order valence-corrected chi connectivity index (χ3v) is 6.38. The fourth-order valence-corrected chi connectivity index (χ4v) is 4.51. The summed E-state index contributed by atoms with van der Waals surface area (Å²) in [6, 6.07) is 23.5. The number of rotatable bonds is 6. The summed E-state index contributed by atoms with van der Waals surface area (Å²) < 4.78 is 16.8. The monoisotopic (exact) mass is 497 g/mol. The van der Waals surface area contributed by atoms with E-state index in [9.17, 15) is 4.79 Å². The first kappa shape index (κ1) is 23.5. The lowest BCUT2D eigenvalue weighted by molar-refractivity contribution is -0.111. The quantitative estimate of drug-likeness (QED) is 0.242. The number of allylic oxidation sites excluding steroid dienone is 1. The first-order valence-electron chi connectivity index (χ1n) is 11.4. The van der Waals surface area contributed by atoms with Crippen LogP contribution in [0.3, 0.4) is 0 Å². The van der Waals surface area contributed by atoms with Gasteiger partial charge in [0.2, 0.25) is 5.91 Å². The average Bonchev–Trinajstić information content (AvgIpc) is 3.30. The topological polar surface area (TPSA) is 60.7 Å². The van der Waals surface area contributed by atoms with Crippen molar-refractivity contribution < 1.29 is 18.7 Å². The van der Waals surface area contributed by atoms with E-state index in [1.165, 1.54) is 18.6 Å². The first-order chi connectivity index (χ1) is 17.5. The predicted octanol–water partition coefficient (Wildman–Crippen LogP) is 7.97. The molecule has 0 spiro atoms. The number of anilines is 1. The van der Waals surface area contributed by atoms with Crippen molar-refractivity contribution >= 4 is 50.5 Å². The van der Waals surface area contributed by atoms with Crippen LogP contribution in [0, 0.1) is 0 Å². The highest BCUT2D eigenvalue weighted by atomic mass is 35.5. The molecule has 180 valence electrons. The SMILES string of the molecule is COc1ccc(Cl)cc1NC(=O)/C=C(\C)c1cc2c(-c3ccc4ccccc4c3)coc2cc1OC. The zero-order chi connectivity index (χ0) is 25.2. The highest BCUT2D eigenvalue weighted by molar-refractivity contribution is 6.31. The number of benzene rings is 4. The number of ether oxygens (including phenoxy) is 2. The van der Waals surface area contributed by atoms with Gasteiger partial charge in [-0.15, -0.1) is 0 Å². The first-order valence-corrected chi connectivity index (χ1v) is 11.8. The molecule has 0 bridgehead atoms. The standard InChI is InChI=1S/C30H24ClNO4/c1-18(12-30(33)32-26-14-22(31)10-11-27(26)34-2)23-15-24-25(17-36-29(24)16-28(23)35-3)21-9-8-19-6-4-5-7-20(19)13-21/h4-17H,1-3H3,(H,32,33)/b18-12+. The van der Waals surface area contributed by atoms with E-state index < -0.39 is 0 Å². The second-order valence-electron chi connectivity index (χ2n) is 8.42. The van der Waals surface area contributed by atoms with Crippen molar-refractivity contribution in [2.24, 2.45) is 0 Å².